The lowest BCUT2D eigenvalue weighted by Gasteiger charge is -2.08. The van der Waals surface area contributed by atoms with Gasteiger partial charge in [-0.1, -0.05) is 5.16 Å². The first-order chi connectivity index (χ1) is 9.06. The van der Waals surface area contributed by atoms with Crippen molar-refractivity contribution in [3.05, 3.63) is 24.3 Å². The molecule has 1 aromatic rings. The summed E-state index contributed by atoms with van der Waals surface area (Å²) in [6.07, 6.45) is 0. The summed E-state index contributed by atoms with van der Waals surface area (Å²) in [5, 5.41) is 18.9. The van der Waals surface area contributed by atoms with Gasteiger partial charge in [0.1, 0.15) is 5.75 Å². The second-order valence-electron chi connectivity index (χ2n) is 3.68. The summed E-state index contributed by atoms with van der Waals surface area (Å²) in [6, 6.07) is 7.32. The van der Waals surface area contributed by atoms with E-state index in [0.717, 1.165) is 11.4 Å². The molecule has 0 bridgehead atoms. The number of ether oxygens (including phenoxy) is 1. The normalized spacial score (nSPS) is 11.9. The van der Waals surface area contributed by atoms with Crippen molar-refractivity contribution >= 4 is 34.4 Å². The molecule has 0 fully saturated rings. The summed E-state index contributed by atoms with van der Waals surface area (Å²) in [4.78, 5) is 0. The van der Waals surface area contributed by atoms with E-state index in [1.165, 1.54) is 0 Å². The Balaban J connectivity index is 2.55. The van der Waals surface area contributed by atoms with Gasteiger partial charge in [0, 0.05) is 5.69 Å². The van der Waals surface area contributed by atoms with Gasteiger partial charge in [0.15, 0.2) is 5.11 Å². The van der Waals surface area contributed by atoms with E-state index in [1.54, 1.807) is 21.0 Å². The molecule has 0 saturated heterocycles. The molecule has 19 heavy (non-hydrogen) atoms. The molecule has 6 nitrogen and oxygen atoms in total. The maximum absolute atomic E-state index is 8.57. The van der Waals surface area contributed by atoms with Gasteiger partial charge in [-0.2, -0.15) is 5.10 Å². The van der Waals surface area contributed by atoms with E-state index in [2.05, 4.69) is 21.0 Å². The number of thiocarbonyl (C=S) groups is 1. The Kier molecular flexibility index (Phi) is 5.74. The van der Waals surface area contributed by atoms with Crippen LogP contribution < -0.4 is 15.5 Å². The van der Waals surface area contributed by atoms with E-state index >= 15 is 0 Å². The highest BCUT2D eigenvalue weighted by molar-refractivity contribution is 7.80. The van der Waals surface area contributed by atoms with Crippen LogP contribution >= 0.6 is 12.2 Å². The highest BCUT2D eigenvalue weighted by atomic mass is 32.1. The second kappa shape index (κ2) is 7.32. The van der Waals surface area contributed by atoms with Crippen molar-refractivity contribution in [1.82, 2.24) is 5.43 Å². The lowest BCUT2D eigenvalue weighted by atomic mass is 10.3. The molecule has 0 saturated carbocycles. The predicted octanol–water partition coefficient (Wildman–Crippen LogP) is 2.21. The van der Waals surface area contributed by atoms with E-state index < -0.39 is 0 Å². The fraction of sp³-hybridized carbons (Fsp3) is 0.250. The maximum Gasteiger partial charge on any atom is 0.191 e. The highest BCUT2D eigenvalue weighted by Crippen LogP contribution is 2.14. The lowest BCUT2D eigenvalue weighted by Crippen LogP contribution is -2.25. The molecular weight excluding hydrogens is 264 g/mol. The molecule has 0 spiro atoms. The first kappa shape index (κ1) is 14.9. The standard InChI is InChI=1S/C12H16N4O2S/c1-8(9(2)16-17)14-15-12(19)13-10-4-6-11(18-3)7-5-10/h4-7,17H,1-3H3,(H2,13,15,19)/b14-8+,16-9+. The van der Waals surface area contributed by atoms with Gasteiger partial charge in [-0.05, 0) is 50.3 Å². The molecule has 0 aliphatic carbocycles. The highest BCUT2D eigenvalue weighted by Gasteiger charge is 1.99. The van der Waals surface area contributed by atoms with Gasteiger partial charge in [-0.3, -0.25) is 5.43 Å². The van der Waals surface area contributed by atoms with Crippen LogP contribution in [-0.2, 0) is 0 Å². The zero-order valence-corrected chi connectivity index (χ0v) is 11.8. The Morgan fingerprint density at radius 3 is 2.37 bits per heavy atom. The van der Waals surface area contributed by atoms with E-state index in [1.807, 2.05) is 24.3 Å². The minimum atomic E-state index is 0.343. The van der Waals surface area contributed by atoms with Crippen LogP contribution in [0.2, 0.25) is 0 Å². The number of rotatable bonds is 4. The SMILES string of the molecule is COc1ccc(NC(=S)N/N=C(C)/C(C)=N/O)cc1. The van der Waals surface area contributed by atoms with Gasteiger partial charge in [-0.25, -0.2) is 0 Å². The van der Waals surface area contributed by atoms with Crippen LogP contribution in [0.3, 0.4) is 0 Å². The maximum atomic E-state index is 8.57. The fourth-order valence-corrected chi connectivity index (χ4v) is 1.28. The third-order valence-corrected chi connectivity index (χ3v) is 2.54. The molecule has 0 heterocycles. The Morgan fingerprint density at radius 1 is 1.21 bits per heavy atom. The van der Waals surface area contributed by atoms with Crippen molar-refractivity contribution < 1.29 is 9.94 Å². The number of hydrogen-bond donors (Lipinski definition) is 3. The van der Waals surface area contributed by atoms with Crippen LogP contribution in [0.4, 0.5) is 5.69 Å². The minimum Gasteiger partial charge on any atom is -0.497 e. The third-order valence-electron chi connectivity index (χ3n) is 2.35. The summed E-state index contributed by atoms with van der Waals surface area (Å²) in [7, 11) is 1.61. The molecule has 0 radical (unpaired) electrons. The van der Waals surface area contributed by atoms with E-state index in [9.17, 15) is 0 Å². The number of nitrogens with zero attached hydrogens (tertiary/aromatic N) is 2. The topological polar surface area (TPSA) is 78.2 Å². The van der Waals surface area contributed by atoms with Crippen LogP contribution in [0, 0.1) is 0 Å². The first-order valence-corrected chi connectivity index (χ1v) is 5.92. The summed E-state index contributed by atoms with van der Waals surface area (Å²) >= 11 is 5.08. The number of hydrazone groups is 1. The minimum absolute atomic E-state index is 0.343. The monoisotopic (exact) mass is 280 g/mol. The van der Waals surface area contributed by atoms with Crippen LogP contribution in [0.15, 0.2) is 34.5 Å². The Hall–Kier alpha value is -2.15. The zero-order valence-electron chi connectivity index (χ0n) is 11.0. The van der Waals surface area contributed by atoms with Crippen LogP contribution in [-0.4, -0.2) is 28.9 Å². The van der Waals surface area contributed by atoms with Gasteiger partial charge in [0.25, 0.3) is 0 Å². The predicted molar refractivity (Wildman–Crippen MR) is 80.4 cm³/mol. The largest absolute Gasteiger partial charge is 0.497 e. The molecule has 0 atom stereocenters. The number of methoxy groups -OCH3 is 1. The summed E-state index contributed by atoms with van der Waals surface area (Å²) in [5.74, 6) is 0.771. The number of oxime groups is 1. The lowest BCUT2D eigenvalue weighted by molar-refractivity contribution is 0.320. The van der Waals surface area contributed by atoms with Crippen molar-refractivity contribution in [2.45, 2.75) is 13.8 Å². The van der Waals surface area contributed by atoms with E-state index in [-0.39, 0.29) is 0 Å². The van der Waals surface area contributed by atoms with Gasteiger partial charge < -0.3 is 15.3 Å². The Labute approximate surface area is 117 Å². The summed E-state index contributed by atoms with van der Waals surface area (Å²) in [5.41, 5.74) is 4.44. The third kappa shape index (κ3) is 4.92. The van der Waals surface area contributed by atoms with Gasteiger partial charge in [-0.15, -0.1) is 0 Å². The number of hydrogen-bond acceptors (Lipinski definition) is 5. The van der Waals surface area contributed by atoms with Crippen molar-refractivity contribution in [3.63, 3.8) is 0 Å². The van der Waals surface area contributed by atoms with Crippen LogP contribution in [0.1, 0.15) is 13.8 Å². The summed E-state index contributed by atoms with van der Waals surface area (Å²) in [6.45, 7) is 3.35. The van der Waals surface area contributed by atoms with Crippen molar-refractivity contribution in [3.8, 4) is 5.75 Å². The second-order valence-corrected chi connectivity index (χ2v) is 4.09. The average molecular weight is 280 g/mol. The zero-order chi connectivity index (χ0) is 14.3. The molecule has 3 N–H and O–H groups in total. The average Bonchev–Trinajstić information content (AvgIpc) is 2.44. The van der Waals surface area contributed by atoms with Crippen LogP contribution in [0.5, 0.6) is 5.75 Å². The van der Waals surface area contributed by atoms with Crippen molar-refractivity contribution in [2.24, 2.45) is 10.3 Å². The first-order valence-electron chi connectivity index (χ1n) is 5.51. The smallest absolute Gasteiger partial charge is 0.191 e. The number of benzene rings is 1. The number of nitrogens with one attached hydrogen (secondary N) is 2. The molecule has 0 aliphatic rings. The van der Waals surface area contributed by atoms with Crippen molar-refractivity contribution in [1.29, 1.82) is 0 Å². The molecule has 1 rings (SSSR count). The van der Waals surface area contributed by atoms with Crippen molar-refractivity contribution in [2.75, 3.05) is 12.4 Å². The molecule has 7 heteroatoms. The summed E-state index contributed by atoms with van der Waals surface area (Å²) < 4.78 is 5.06. The van der Waals surface area contributed by atoms with Gasteiger partial charge in [0.2, 0.25) is 0 Å². The Bertz CT molecular complexity index is 497. The molecule has 0 amide bonds. The number of anilines is 1. The fourth-order valence-electron chi connectivity index (χ4n) is 1.12. The van der Waals surface area contributed by atoms with Gasteiger partial charge in [0.05, 0.1) is 18.5 Å². The van der Waals surface area contributed by atoms with Gasteiger partial charge >= 0.3 is 0 Å². The van der Waals surface area contributed by atoms with E-state index in [4.69, 9.17) is 22.2 Å². The Morgan fingerprint density at radius 2 is 1.84 bits per heavy atom. The quantitative estimate of drug-likeness (QED) is 0.341. The molecular formula is C12H16N4O2S. The molecule has 0 unspecified atom stereocenters. The van der Waals surface area contributed by atoms with E-state index in [0.29, 0.717) is 16.5 Å². The molecule has 0 aromatic heterocycles. The van der Waals surface area contributed by atoms with Crippen LogP contribution in [0.25, 0.3) is 0 Å². The molecule has 102 valence electrons. The molecule has 0 aliphatic heterocycles. The molecule has 1 aromatic carbocycles.